The van der Waals surface area contributed by atoms with E-state index in [-0.39, 0.29) is 11.6 Å². The molecule has 2 nitrogen and oxygen atoms in total. The zero-order chi connectivity index (χ0) is 12.8. The minimum absolute atomic E-state index is 0.215. The van der Waals surface area contributed by atoms with Gasteiger partial charge in [-0.3, -0.25) is 0 Å². The number of ether oxygens (including phenoxy) is 1. The molecule has 0 radical (unpaired) electrons. The maximum absolute atomic E-state index is 6.56. The molecule has 0 spiro atoms. The number of benzene rings is 1. The first-order valence-corrected chi connectivity index (χ1v) is 7.18. The molecule has 1 saturated carbocycles. The average Bonchev–Trinajstić information content (AvgIpc) is 3.08. The van der Waals surface area contributed by atoms with E-state index >= 15 is 0 Å². The Morgan fingerprint density at radius 1 is 1.28 bits per heavy atom. The number of halogens is 2. The topological polar surface area (TPSA) is 35.2 Å². The van der Waals surface area contributed by atoms with Crippen LogP contribution >= 0.6 is 23.2 Å². The molecule has 1 heterocycles. The molecule has 1 aromatic rings. The van der Waals surface area contributed by atoms with Crippen LogP contribution in [-0.2, 0) is 11.2 Å². The summed E-state index contributed by atoms with van der Waals surface area (Å²) in [6, 6.07) is 5.76. The number of hydrogen-bond donors (Lipinski definition) is 1. The van der Waals surface area contributed by atoms with Crippen molar-refractivity contribution < 1.29 is 4.74 Å². The quantitative estimate of drug-likeness (QED) is 0.924. The van der Waals surface area contributed by atoms with Gasteiger partial charge in [-0.1, -0.05) is 29.3 Å². The smallest absolute Gasteiger partial charge is 0.0786 e. The Hall–Kier alpha value is -0.280. The molecule has 0 aromatic heterocycles. The van der Waals surface area contributed by atoms with Gasteiger partial charge in [0.15, 0.2) is 0 Å². The van der Waals surface area contributed by atoms with Gasteiger partial charge in [0.1, 0.15) is 0 Å². The van der Waals surface area contributed by atoms with Crippen molar-refractivity contribution in [3.05, 3.63) is 33.8 Å². The summed E-state index contributed by atoms with van der Waals surface area (Å²) in [5.74, 6) is 0.667. The van der Waals surface area contributed by atoms with E-state index in [1.807, 2.05) is 18.2 Å². The molecule has 4 heteroatoms. The van der Waals surface area contributed by atoms with E-state index in [0.29, 0.717) is 16.0 Å². The van der Waals surface area contributed by atoms with Crippen LogP contribution in [0.3, 0.4) is 0 Å². The highest BCUT2D eigenvalue weighted by Crippen LogP contribution is 2.43. The summed E-state index contributed by atoms with van der Waals surface area (Å²) in [5, 5.41) is 1.19. The molecule has 98 valence electrons. The Kier molecular flexibility index (Phi) is 3.31. The van der Waals surface area contributed by atoms with Crippen LogP contribution in [-0.4, -0.2) is 18.2 Å². The summed E-state index contributed by atoms with van der Waals surface area (Å²) in [5.41, 5.74) is 7.47. The zero-order valence-corrected chi connectivity index (χ0v) is 11.7. The fourth-order valence-corrected chi connectivity index (χ4v) is 3.23. The molecule has 2 N–H and O–H groups in total. The fourth-order valence-electron chi connectivity index (χ4n) is 2.91. The van der Waals surface area contributed by atoms with Crippen LogP contribution in [0.5, 0.6) is 0 Å². The van der Waals surface area contributed by atoms with Gasteiger partial charge < -0.3 is 10.5 Å². The SMILES string of the molecule is NC1(Cc2ccc(Cl)c(Cl)c2)CCOC1C1CC1. The molecule has 2 unspecified atom stereocenters. The van der Waals surface area contributed by atoms with Gasteiger partial charge in [0.2, 0.25) is 0 Å². The van der Waals surface area contributed by atoms with Crippen molar-refractivity contribution in [3.8, 4) is 0 Å². The number of nitrogens with two attached hydrogens (primary N) is 1. The number of rotatable bonds is 3. The van der Waals surface area contributed by atoms with E-state index in [1.165, 1.54) is 12.8 Å². The molecule has 1 saturated heterocycles. The summed E-state index contributed by atoms with van der Waals surface area (Å²) >= 11 is 12.0. The van der Waals surface area contributed by atoms with Crippen LogP contribution in [0.1, 0.15) is 24.8 Å². The van der Waals surface area contributed by atoms with Crippen molar-refractivity contribution >= 4 is 23.2 Å². The standard InChI is InChI=1S/C14H17Cl2NO/c15-11-4-1-9(7-12(11)16)8-14(17)5-6-18-13(14)10-2-3-10/h1,4,7,10,13H,2-3,5-6,8,17H2. The third kappa shape index (κ3) is 2.39. The van der Waals surface area contributed by atoms with Gasteiger partial charge in [-0.25, -0.2) is 0 Å². The van der Waals surface area contributed by atoms with Gasteiger partial charge in [0, 0.05) is 12.1 Å². The molecule has 2 fully saturated rings. The first-order valence-electron chi connectivity index (χ1n) is 6.43. The highest BCUT2D eigenvalue weighted by Gasteiger charge is 2.48. The first-order chi connectivity index (χ1) is 8.58. The lowest BCUT2D eigenvalue weighted by Gasteiger charge is -2.30. The molecule has 3 rings (SSSR count). The molecular weight excluding hydrogens is 269 g/mol. The van der Waals surface area contributed by atoms with Gasteiger partial charge in [0.25, 0.3) is 0 Å². The Morgan fingerprint density at radius 3 is 2.72 bits per heavy atom. The second kappa shape index (κ2) is 4.68. The van der Waals surface area contributed by atoms with E-state index in [2.05, 4.69) is 0 Å². The summed E-state index contributed by atoms with van der Waals surface area (Å²) in [7, 11) is 0. The minimum Gasteiger partial charge on any atom is -0.376 e. The molecule has 18 heavy (non-hydrogen) atoms. The molecule has 0 bridgehead atoms. The van der Waals surface area contributed by atoms with Crippen LogP contribution in [0.4, 0.5) is 0 Å². The van der Waals surface area contributed by atoms with Crippen molar-refractivity contribution in [2.45, 2.75) is 37.3 Å². The third-order valence-corrected chi connectivity index (χ3v) is 4.74. The fraction of sp³-hybridized carbons (Fsp3) is 0.571. The van der Waals surface area contributed by atoms with E-state index < -0.39 is 0 Å². The zero-order valence-electron chi connectivity index (χ0n) is 10.2. The maximum Gasteiger partial charge on any atom is 0.0786 e. The summed E-state index contributed by atoms with van der Waals surface area (Å²) in [6.45, 7) is 0.777. The van der Waals surface area contributed by atoms with E-state index in [4.69, 9.17) is 33.7 Å². The van der Waals surface area contributed by atoms with Crippen LogP contribution in [0.25, 0.3) is 0 Å². The molecule has 1 aliphatic carbocycles. The van der Waals surface area contributed by atoms with E-state index in [9.17, 15) is 0 Å². The normalized spacial score (nSPS) is 31.8. The molecule has 2 atom stereocenters. The third-order valence-electron chi connectivity index (χ3n) is 4.00. The van der Waals surface area contributed by atoms with Crippen molar-refractivity contribution in [2.75, 3.05) is 6.61 Å². The Balaban J connectivity index is 1.79. The lowest BCUT2D eigenvalue weighted by molar-refractivity contribution is 0.0627. The van der Waals surface area contributed by atoms with Gasteiger partial charge in [-0.05, 0) is 49.3 Å². The van der Waals surface area contributed by atoms with Gasteiger partial charge >= 0.3 is 0 Å². The Bertz CT molecular complexity index is 461. The predicted octanol–water partition coefficient (Wildman–Crippen LogP) is 3.43. The Labute approximate surface area is 117 Å². The van der Waals surface area contributed by atoms with Crippen LogP contribution < -0.4 is 5.73 Å². The highest BCUT2D eigenvalue weighted by atomic mass is 35.5. The molecule has 0 amide bonds. The van der Waals surface area contributed by atoms with Crippen molar-refractivity contribution in [1.82, 2.24) is 0 Å². The predicted molar refractivity (Wildman–Crippen MR) is 74.2 cm³/mol. The highest BCUT2D eigenvalue weighted by molar-refractivity contribution is 6.42. The van der Waals surface area contributed by atoms with Crippen LogP contribution in [0, 0.1) is 5.92 Å². The second-order valence-electron chi connectivity index (χ2n) is 5.54. The molecule has 1 aliphatic heterocycles. The largest absolute Gasteiger partial charge is 0.376 e. The van der Waals surface area contributed by atoms with Gasteiger partial charge in [-0.15, -0.1) is 0 Å². The second-order valence-corrected chi connectivity index (χ2v) is 6.35. The van der Waals surface area contributed by atoms with E-state index in [1.54, 1.807) is 0 Å². The summed E-state index contributed by atoms with van der Waals surface area (Å²) < 4.78 is 5.83. The van der Waals surface area contributed by atoms with Crippen LogP contribution in [0.15, 0.2) is 18.2 Å². The van der Waals surface area contributed by atoms with Crippen molar-refractivity contribution in [1.29, 1.82) is 0 Å². The lowest BCUT2D eigenvalue weighted by Crippen LogP contribution is -2.50. The molecular formula is C14H17Cl2NO. The van der Waals surface area contributed by atoms with Crippen molar-refractivity contribution in [3.63, 3.8) is 0 Å². The minimum atomic E-state index is -0.238. The maximum atomic E-state index is 6.56. The average molecular weight is 286 g/mol. The molecule has 1 aromatic carbocycles. The summed E-state index contributed by atoms with van der Waals surface area (Å²) in [6.07, 6.45) is 4.46. The Morgan fingerprint density at radius 2 is 2.06 bits per heavy atom. The van der Waals surface area contributed by atoms with Gasteiger partial charge in [-0.2, -0.15) is 0 Å². The van der Waals surface area contributed by atoms with Crippen molar-refractivity contribution in [2.24, 2.45) is 11.7 Å². The van der Waals surface area contributed by atoms with Crippen LogP contribution in [0.2, 0.25) is 10.0 Å². The molecule has 2 aliphatic rings. The summed E-state index contributed by atoms with van der Waals surface area (Å²) in [4.78, 5) is 0. The monoisotopic (exact) mass is 285 g/mol. The van der Waals surface area contributed by atoms with Gasteiger partial charge in [0.05, 0.1) is 16.1 Å². The first kappa shape index (κ1) is 12.7. The van der Waals surface area contributed by atoms with E-state index in [0.717, 1.165) is 25.0 Å². The lowest BCUT2D eigenvalue weighted by atomic mass is 9.83. The number of hydrogen-bond acceptors (Lipinski definition) is 2.